The van der Waals surface area contributed by atoms with Crippen LogP contribution in [0.15, 0.2) is 22.7 Å². The number of thiophene rings is 1. The van der Waals surface area contributed by atoms with Crippen LogP contribution in [0.2, 0.25) is 0 Å². The highest BCUT2D eigenvalue weighted by atomic mass is 32.2. The lowest BCUT2D eigenvalue weighted by molar-refractivity contribution is 0.0522. The van der Waals surface area contributed by atoms with Gasteiger partial charge >= 0.3 is 5.97 Å². The monoisotopic (exact) mass is 329 g/mol. The van der Waals surface area contributed by atoms with Crippen LogP contribution in [0.4, 0.5) is 0 Å². The maximum Gasteiger partial charge on any atom is 0.342 e. The molecule has 0 aliphatic rings. The summed E-state index contributed by atoms with van der Waals surface area (Å²) in [5.41, 5.74) is 0.908. The van der Waals surface area contributed by atoms with E-state index in [1.54, 1.807) is 6.92 Å². The SMILES string of the molecule is CCOC(=O)c1cn[nH]c1S(=O)(=O)NCc1sccc1C. The number of hydrogen-bond donors (Lipinski definition) is 2. The van der Waals surface area contributed by atoms with E-state index in [2.05, 4.69) is 14.9 Å². The fourth-order valence-electron chi connectivity index (χ4n) is 1.65. The van der Waals surface area contributed by atoms with E-state index in [0.29, 0.717) is 0 Å². The molecular formula is C12H15N3O4S2. The van der Waals surface area contributed by atoms with Gasteiger partial charge in [-0.1, -0.05) is 0 Å². The van der Waals surface area contributed by atoms with Crippen LogP contribution in [0.25, 0.3) is 0 Å². The molecule has 0 unspecified atom stereocenters. The predicted octanol–water partition coefficient (Wildman–Crippen LogP) is 1.43. The highest BCUT2D eigenvalue weighted by Gasteiger charge is 2.25. The van der Waals surface area contributed by atoms with E-state index in [1.165, 1.54) is 11.3 Å². The van der Waals surface area contributed by atoms with Gasteiger partial charge in [0, 0.05) is 11.4 Å². The molecule has 0 aliphatic heterocycles. The Morgan fingerprint density at radius 1 is 1.52 bits per heavy atom. The second-order valence-electron chi connectivity index (χ2n) is 4.18. The number of H-pyrrole nitrogens is 1. The molecule has 0 radical (unpaired) electrons. The summed E-state index contributed by atoms with van der Waals surface area (Å²) in [5, 5.41) is 7.55. The van der Waals surface area contributed by atoms with Crippen LogP contribution >= 0.6 is 11.3 Å². The first-order chi connectivity index (χ1) is 9.95. The zero-order chi connectivity index (χ0) is 15.5. The van der Waals surface area contributed by atoms with Crippen molar-refractivity contribution in [3.63, 3.8) is 0 Å². The van der Waals surface area contributed by atoms with Crippen molar-refractivity contribution in [2.75, 3.05) is 6.61 Å². The maximum atomic E-state index is 12.2. The Morgan fingerprint density at radius 3 is 2.90 bits per heavy atom. The molecule has 0 aliphatic carbocycles. The fourth-order valence-corrected chi connectivity index (χ4v) is 3.67. The summed E-state index contributed by atoms with van der Waals surface area (Å²) in [7, 11) is -3.87. The Labute approximate surface area is 126 Å². The lowest BCUT2D eigenvalue weighted by Crippen LogP contribution is -2.25. The molecule has 2 aromatic heterocycles. The first-order valence-electron chi connectivity index (χ1n) is 6.19. The molecule has 0 saturated carbocycles. The summed E-state index contributed by atoms with van der Waals surface area (Å²) in [4.78, 5) is 12.6. The third-order valence-corrected chi connectivity index (χ3v) is 5.16. The molecule has 0 fully saturated rings. The van der Waals surface area contributed by atoms with E-state index < -0.39 is 16.0 Å². The standard InChI is InChI=1S/C12H15N3O4S2/c1-3-19-12(16)9-6-13-15-11(9)21(17,18)14-7-10-8(2)4-5-20-10/h4-6,14H,3,7H2,1-2H3,(H,13,15). The molecule has 2 N–H and O–H groups in total. The van der Waals surface area contributed by atoms with Crippen molar-refractivity contribution >= 4 is 27.3 Å². The largest absolute Gasteiger partial charge is 0.462 e. The van der Waals surface area contributed by atoms with Crippen LogP contribution in [0.3, 0.4) is 0 Å². The molecule has 2 aromatic rings. The second kappa shape index (κ2) is 6.37. The minimum atomic E-state index is -3.87. The van der Waals surface area contributed by atoms with Gasteiger partial charge < -0.3 is 4.74 Å². The van der Waals surface area contributed by atoms with E-state index in [1.807, 2.05) is 18.4 Å². The second-order valence-corrected chi connectivity index (χ2v) is 6.89. The normalized spacial score (nSPS) is 11.5. The van der Waals surface area contributed by atoms with E-state index in [0.717, 1.165) is 16.6 Å². The van der Waals surface area contributed by atoms with Crippen molar-refractivity contribution in [3.05, 3.63) is 33.6 Å². The highest BCUT2D eigenvalue weighted by Crippen LogP contribution is 2.17. The zero-order valence-electron chi connectivity index (χ0n) is 11.5. The van der Waals surface area contributed by atoms with Crippen molar-refractivity contribution in [1.29, 1.82) is 0 Å². The van der Waals surface area contributed by atoms with E-state index in [9.17, 15) is 13.2 Å². The Kier molecular flexibility index (Phi) is 4.76. The van der Waals surface area contributed by atoms with E-state index >= 15 is 0 Å². The summed E-state index contributed by atoms with van der Waals surface area (Å²) in [5.74, 6) is -0.723. The highest BCUT2D eigenvalue weighted by molar-refractivity contribution is 7.89. The van der Waals surface area contributed by atoms with E-state index in [-0.39, 0.29) is 23.7 Å². The number of sulfonamides is 1. The molecule has 21 heavy (non-hydrogen) atoms. The summed E-state index contributed by atoms with van der Waals surface area (Å²) in [6, 6.07) is 1.91. The van der Waals surface area contributed by atoms with Crippen LogP contribution < -0.4 is 4.72 Å². The molecule has 0 bridgehead atoms. The van der Waals surface area contributed by atoms with Gasteiger partial charge in [0.1, 0.15) is 5.56 Å². The number of aromatic amines is 1. The average Bonchev–Trinajstić information content (AvgIpc) is 3.05. The molecule has 2 rings (SSSR count). The van der Waals surface area contributed by atoms with Gasteiger partial charge in [0.25, 0.3) is 10.0 Å². The Hall–Kier alpha value is -1.71. The zero-order valence-corrected chi connectivity index (χ0v) is 13.2. The number of carbonyl (C=O) groups is 1. The van der Waals surface area contributed by atoms with Crippen molar-refractivity contribution < 1.29 is 17.9 Å². The number of nitrogens with zero attached hydrogens (tertiary/aromatic N) is 1. The van der Waals surface area contributed by atoms with Gasteiger partial charge in [-0.25, -0.2) is 17.9 Å². The predicted molar refractivity (Wildman–Crippen MR) is 77.6 cm³/mol. The minimum Gasteiger partial charge on any atom is -0.462 e. The van der Waals surface area contributed by atoms with Crippen molar-refractivity contribution in [2.24, 2.45) is 0 Å². The van der Waals surface area contributed by atoms with E-state index in [4.69, 9.17) is 4.74 Å². The Morgan fingerprint density at radius 2 is 2.29 bits per heavy atom. The summed E-state index contributed by atoms with van der Waals surface area (Å²) < 4.78 is 31.7. The number of ether oxygens (including phenoxy) is 1. The number of rotatable bonds is 6. The Balaban J connectivity index is 2.19. The molecule has 0 saturated heterocycles. The minimum absolute atomic E-state index is 0.104. The van der Waals surface area contributed by atoms with Gasteiger partial charge in [-0.15, -0.1) is 11.3 Å². The fraction of sp³-hybridized carbons (Fsp3) is 0.333. The quantitative estimate of drug-likeness (QED) is 0.781. The van der Waals surface area contributed by atoms with Crippen molar-refractivity contribution in [2.45, 2.75) is 25.4 Å². The Bertz CT molecular complexity index is 733. The van der Waals surface area contributed by atoms with Gasteiger partial charge in [0.15, 0.2) is 5.03 Å². The number of esters is 1. The molecule has 0 aromatic carbocycles. The maximum absolute atomic E-state index is 12.2. The first kappa shape index (κ1) is 15.7. The van der Waals surface area contributed by atoms with Crippen molar-refractivity contribution in [3.8, 4) is 0 Å². The number of nitrogens with one attached hydrogen (secondary N) is 2. The molecular weight excluding hydrogens is 314 g/mol. The lowest BCUT2D eigenvalue weighted by Gasteiger charge is -2.06. The summed E-state index contributed by atoms with van der Waals surface area (Å²) >= 11 is 1.46. The summed E-state index contributed by atoms with van der Waals surface area (Å²) in [6.45, 7) is 3.86. The lowest BCUT2D eigenvalue weighted by atomic mass is 10.3. The first-order valence-corrected chi connectivity index (χ1v) is 8.55. The van der Waals surface area contributed by atoms with Gasteiger partial charge in [-0.05, 0) is 30.9 Å². The molecule has 0 atom stereocenters. The van der Waals surface area contributed by atoms with Crippen LogP contribution in [0.1, 0.15) is 27.7 Å². The number of aromatic nitrogens is 2. The number of aryl methyl sites for hydroxylation is 1. The third kappa shape index (κ3) is 3.49. The van der Waals surface area contributed by atoms with Crippen molar-refractivity contribution in [1.82, 2.24) is 14.9 Å². The third-order valence-electron chi connectivity index (χ3n) is 2.76. The van der Waals surface area contributed by atoms with Crippen LogP contribution in [0, 0.1) is 6.92 Å². The molecule has 0 amide bonds. The van der Waals surface area contributed by atoms with Crippen LogP contribution in [-0.2, 0) is 21.3 Å². The van der Waals surface area contributed by atoms with Gasteiger partial charge in [-0.2, -0.15) is 5.10 Å². The number of hydrogen-bond acceptors (Lipinski definition) is 6. The van der Waals surface area contributed by atoms with Gasteiger partial charge in [-0.3, -0.25) is 5.10 Å². The smallest absolute Gasteiger partial charge is 0.342 e. The van der Waals surface area contributed by atoms with Crippen LogP contribution in [-0.4, -0.2) is 31.2 Å². The molecule has 9 heteroatoms. The summed E-state index contributed by atoms with van der Waals surface area (Å²) in [6.07, 6.45) is 1.14. The topological polar surface area (TPSA) is 101 Å². The molecule has 0 spiro atoms. The average molecular weight is 329 g/mol. The number of carbonyl (C=O) groups excluding carboxylic acids is 1. The van der Waals surface area contributed by atoms with Crippen LogP contribution in [0.5, 0.6) is 0 Å². The molecule has 7 nitrogen and oxygen atoms in total. The van der Waals surface area contributed by atoms with Gasteiger partial charge in [0.2, 0.25) is 0 Å². The molecule has 114 valence electrons. The van der Waals surface area contributed by atoms with Gasteiger partial charge in [0.05, 0.1) is 12.8 Å². The molecule has 2 heterocycles.